The lowest BCUT2D eigenvalue weighted by Crippen LogP contribution is -2.31. The summed E-state index contributed by atoms with van der Waals surface area (Å²) in [5.41, 5.74) is -1.37. The number of hydrogen-bond acceptors (Lipinski definition) is 4. The predicted octanol–water partition coefficient (Wildman–Crippen LogP) is 1.20. The molecule has 8 heteroatoms. The van der Waals surface area contributed by atoms with Crippen molar-refractivity contribution in [1.82, 2.24) is 14.5 Å². The summed E-state index contributed by atoms with van der Waals surface area (Å²) in [5, 5.41) is 3.36. The SMILES string of the molecule is CCNc1ccc(Cl)c(Cn2cc(F)c(=O)[nH]c2=O)n1. The summed E-state index contributed by atoms with van der Waals surface area (Å²) in [4.78, 5) is 28.6. The number of nitrogens with one attached hydrogen (secondary N) is 2. The minimum Gasteiger partial charge on any atom is -0.370 e. The van der Waals surface area contributed by atoms with Crippen LogP contribution in [0.15, 0.2) is 27.9 Å². The summed E-state index contributed by atoms with van der Waals surface area (Å²) in [5.74, 6) is -0.437. The van der Waals surface area contributed by atoms with Gasteiger partial charge in [0.15, 0.2) is 0 Å². The van der Waals surface area contributed by atoms with Crippen molar-refractivity contribution in [3.05, 3.63) is 55.7 Å². The average molecular weight is 299 g/mol. The fourth-order valence-corrected chi connectivity index (χ4v) is 1.80. The molecule has 0 atom stereocenters. The van der Waals surface area contributed by atoms with Crippen molar-refractivity contribution < 1.29 is 4.39 Å². The standard InChI is InChI=1S/C12H12ClFN4O2/c1-2-15-10-4-3-7(13)9(16-10)6-18-5-8(14)11(19)17-12(18)20/h3-5H,2,6H2,1H3,(H,15,16)(H,17,19,20). The van der Waals surface area contributed by atoms with Gasteiger partial charge < -0.3 is 5.32 Å². The monoisotopic (exact) mass is 298 g/mol. The largest absolute Gasteiger partial charge is 0.370 e. The van der Waals surface area contributed by atoms with Crippen molar-refractivity contribution in [3.8, 4) is 0 Å². The Morgan fingerprint density at radius 2 is 2.20 bits per heavy atom. The van der Waals surface area contributed by atoms with Gasteiger partial charge in [0.25, 0.3) is 5.56 Å². The molecule has 0 fully saturated rings. The van der Waals surface area contributed by atoms with Crippen molar-refractivity contribution >= 4 is 17.4 Å². The van der Waals surface area contributed by atoms with Crippen LogP contribution in [0, 0.1) is 5.82 Å². The molecule has 0 radical (unpaired) electrons. The van der Waals surface area contributed by atoms with Crippen molar-refractivity contribution in [3.63, 3.8) is 0 Å². The second kappa shape index (κ2) is 5.87. The van der Waals surface area contributed by atoms with Gasteiger partial charge in [-0.15, -0.1) is 0 Å². The van der Waals surface area contributed by atoms with Crippen LogP contribution in [0.4, 0.5) is 10.2 Å². The molecule has 0 aliphatic rings. The van der Waals surface area contributed by atoms with E-state index in [1.54, 1.807) is 12.1 Å². The Labute approximate surface area is 118 Å². The Kier molecular flexibility index (Phi) is 4.19. The molecular formula is C12H12ClFN4O2. The van der Waals surface area contributed by atoms with Gasteiger partial charge in [-0.25, -0.2) is 9.78 Å². The maximum atomic E-state index is 13.2. The maximum Gasteiger partial charge on any atom is 0.328 e. The van der Waals surface area contributed by atoms with Crippen molar-refractivity contribution in [2.45, 2.75) is 13.5 Å². The van der Waals surface area contributed by atoms with Gasteiger partial charge in [-0.05, 0) is 19.1 Å². The molecule has 0 bridgehead atoms. The zero-order chi connectivity index (χ0) is 14.7. The van der Waals surface area contributed by atoms with Crippen LogP contribution < -0.4 is 16.6 Å². The molecule has 2 aromatic heterocycles. The lowest BCUT2D eigenvalue weighted by atomic mass is 10.3. The second-order valence-corrected chi connectivity index (χ2v) is 4.43. The van der Waals surface area contributed by atoms with E-state index in [0.29, 0.717) is 23.1 Å². The second-order valence-electron chi connectivity index (χ2n) is 4.02. The van der Waals surface area contributed by atoms with Crippen LogP contribution in [0.5, 0.6) is 0 Å². The number of nitrogens with zero attached hydrogens (tertiary/aromatic N) is 2. The summed E-state index contributed by atoms with van der Waals surface area (Å²) in [6.45, 7) is 2.56. The van der Waals surface area contributed by atoms with Gasteiger partial charge >= 0.3 is 5.69 Å². The van der Waals surface area contributed by atoms with Crippen molar-refractivity contribution in [1.29, 1.82) is 0 Å². The average Bonchev–Trinajstić information content (AvgIpc) is 2.40. The molecule has 0 aliphatic heterocycles. The molecule has 0 aromatic carbocycles. The molecule has 0 unspecified atom stereocenters. The van der Waals surface area contributed by atoms with E-state index in [1.165, 1.54) is 0 Å². The molecule has 2 rings (SSSR count). The molecule has 0 saturated heterocycles. The first-order chi connectivity index (χ1) is 9.51. The van der Waals surface area contributed by atoms with Gasteiger partial charge in [0.1, 0.15) is 5.82 Å². The molecule has 2 N–H and O–H groups in total. The molecule has 0 amide bonds. The highest BCUT2D eigenvalue weighted by Crippen LogP contribution is 2.17. The molecule has 106 valence electrons. The third kappa shape index (κ3) is 3.05. The first-order valence-electron chi connectivity index (χ1n) is 5.90. The van der Waals surface area contributed by atoms with Crippen LogP contribution in [0.3, 0.4) is 0 Å². The summed E-state index contributed by atoms with van der Waals surface area (Å²) in [7, 11) is 0. The van der Waals surface area contributed by atoms with Crippen LogP contribution in [0.2, 0.25) is 5.02 Å². The van der Waals surface area contributed by atoms with E-state index in [-0.39, 0.29) is 6.54 Å². The maximum absolute atomic E-state index is 13.2. The van der Waals surface area contributed by atoms with Gasteiger partial charge in [-0.3, -0.25) is 14.3 Å². The number of aromatic nitrogens is 3. The van der Waals surface area contributed by atoms with Crippen LogP contribution in [-0.4, -0.2) is 21.1 Å². The third-order valence-electron chi connectivity index (χ3n) is 2.56. The molecule has 20 heavy (non-hydrogen) atoms. The minimum atomic E-state index is -1.05. The van der Waals surface area contributed by atoms with E-state index in [1.807, 2.05) is 11.9 Å². The van der Waals surface area contributed by atoms with E-state index in [9.17, 15) is 14.0 Å². The van der Waals surface area contributed by atoms with Crippen LogP contribution in [-0.2, 0) is 6.54 Å². The fraction of sp³-hybridized carbons (Fsp3) is 0.250. The van der Waals surface area contributed by atoms with Gasteiger partial charge in [0, 0.05) is 6.54 Å². The van der Waals surface area contributed by atoms with E-state index in [4.69, 9.17) is 11.6 Å². The Bertz CT molecular complexity index is 741. The van der Waals surface area contributed by atoms with Crippen LogP contribution in [0.1, 0.15) is 12.6 Å². The number of rotatable bonds is 4. The molecule has 2 aromatic rings. The first kappa shape index (κ1) is 14.3. The topological polar surface area (TPSA) is 79.8 Å². The third-order valence-corrected chi connectivity index (χ3v) is 2.91. The number of H-pyrrole nitrogens is 1. The summed E-state index contributed by atoms with van der Waals surface area (Å²) < 4.78 is 14.2. The van der Waals surface area contributed by atoms with Crippen LogP contribution in [0.25, 0.3) is 0 Å². The minimum absolute atomic E-state index is 0.0371. The van der Waals surface area contributed by atoms with Crippen molar-refractivity contribution in [2.24, 2.45) is 0 Å². The first-order valence-corrected chi connectivity index (χ1v) is 6.27. The van der Waals surface area contributed by atoms with Crippen molar-refractivity contribution in [2.75, 3.05) is 11.9 Å². The number of anilines is 1. The molecular weight excluding hydrogens is 287 g/mol. The van der Waals surface area contributed by atoms with E-state index < -0.39 is 17.1 Å². The molecule has 0 aliphatic carbocycles. The van der Waals surface area contributed by atoms with Gasteiger partial charge in [0.05, 0.1) is 23.5 Å². The van der Waals surface area contributed by atoms with E-state index in [0.717, 1.165) is 10.8 Å². The fourth-order valence-electron chi connectivity index (χ4n) is 1.64. The highest BCUT2D eigenvalue weighted by atomic mass is 35.5. The number of halogens is 2. The lowest BCUT2D eigenvalue weighted by Gasteiger charge is -2.09. The van der Waals surface area contributed by atoms with Crippen LogP contribution >= 0.6 is 11.6 Å². The smallest absolute Gasteiger partial charge is 0.328 e. The zero-order valence-electron chi connectivity index (χ0n) is 10.6. The Morgan fingerprint density at radius 3 is 2.90 bits per heavy atom. The van der Waals surface area contributed by atoms with Gasteiger partial charge in [-0.2, -0.15) is 4.39 Å². The summed E-state index contributed by atoms with van der Waals surface area (Å²) in [6, 6.07) is 3.33. The lowest BCUT2D eigenvalue weighted by molar-refractivity contribution is 0.564. The molecule has 0 spiro atoms. The normalized spacial score (nSPS) is 10.6. The highest BCUT2D eigenvalue weighted by molar-refractivity contribution is 6.31. The number of aromatic amines is 1. The molecule has 2 heterocycles. The summed E-state index contributed by atoms with van der Waals surface area (Å²) in [6.07, 6.45) is 0.832. The van der Waals surface area contributed by atoms with E-state index >= 15 is 0 Å². The van der Waals surface area contributed by atoms with Gasteiger partial charge in [-0.1, -0.05) is 11.6 Å². The summed E-state index contributed by atoms with van der Waals surface area (Å²) >= 11 is 6.00. The Morgan fingerprint density at radius 1 is 1.45 bits per heavy atom. The zero-order valence-corrected chi connectivity index (χ0v) is 11.4. The Hall–Kier alpha value is -2.15. The predicted molar refractivity (Wildman–Crippen MR) is 73.8 cm³/mol. The quantitative estimate of drug-likeness (QED) is 0.889. The number of hydrogen-bond donors (Lipinski definition) is 2. The van der Waals surface area contributed by atoms with E-state index in [2.05, 4.69) is 10.3 Å². The van der Waals surface area contributed by atoms with Gasteiger partial charge in [0.2, 0.25) is 5.82 Å². The highest BCUT2D eigenvalue weighted by Gasteiger charge is 2.09. The Balaban J connectivity index is 2.39. The number of pyridine rings is 1. The molecule has 6 nitrogen and oxygen atoms in total. The molecule has 0 saturated carbocycles.